The molecule has 0 N–H and O–H groups in total. The molecule has 0 saturated heterocycles. The summed E-state index contributed by atoms with van der Waals surface area (Å²) in [6.07, 6.45) is 3.76. The highest BCUT2D eigenvalue weighted by Crippen LogP contribution is 2.49. The van der Waals surface area contributed by atoms with Crippen LogP contribution in [0.3, 0.4) is 0 Å². The van der Waals surface area contributed by atoms with Crippen molar-refractivity contribution >= 4 is 6.08 Å². The smallest absolute Gasteiger partial charge is 0.0702 e. The number of rotatable bonds is 2. The van der Waals surface area contributed by atoms with Gasteiger partial charge in [-0.2, -0.15) is 0 Å². The lowest BCUT2D eigenvalue weighted by Crippen LogP contribution is -2.15. The van der Waals surface area contributed by atoms with Gasteiger partial charge in [-0.3, -0.25) is 4.98 Å². The second-order valence-electron chi connectivity index (χ2n) is 6.61. The van der Waals surface area contributed by atoms with E-state index in [2.05, 4.69) is 67.9 Å². The molecule has 0 atom stereocenters. The molecule has 1 aliphatic rings. The van der Waals surface area contributed by atoms with Gasteiger partial charge < -0.3 is 0 Å². The zero-order valence-electron chi connectivity index (χ0n) is 13.5. The minimum absolute atomic E-state index is 0.00548. The first kappa shape index (κ1) is 14.0. The molecule has 1 heteroatoms. The molecule has 0 aliphatic heterocycles. The van der Waals surface area contributed by atoms with E-state index in [0.29, 0.717) is 0 Å². The minimum Gasteiger partial charge on any atom is -0.256 e. The summed E-state index contributed by atoms with van der Waals surface area (Å²) in [5, 5.41) is 0. The molecular formula is C22H19N. The molecule has 3 aromatic rings. The molecule has 0 bridgehead atoms. The molecular weight excluding hydrogens is 278 g/mol. The molecule has 23 heavy (non-hydrogen) atoms. The van der Waals surface area contributed by atoms with Crippen LogP contribution in [0.15, 0.2) is 67.4 Å². The van der Waals surface area contributed by atoms with E-state index in [4.69, 9.17) is 0 Å². The fourth-order valence-electron chi connectivity index (χ4n) is 3.57. The van der Waals surface area contributed by atoms with Crippen molar-refractivity contribution in [3.63, 3.8) is 0 Å². The van der Waals surface area contributed by atoms with E-state index in [1.54, 1.807) is 0 Å². The average molecular weight is 297 g/mol. The Hall–Kier alpha value is -2.67. The molecule has 0 unspecified atom stereocenters. The Morgan fingerprint density at radius 2 is 1.65 bits per heavy atom. The average Bonchev–Trinajstić information content (AvgIpc) is 2.83. The SMILES string of the molecule is C=Cc1ccc2c(c1)C(C)(C)c1cc(-c3ccccn3)ccc1-2. The predicted molar refractivity (Wildman–Crippen MR) is 97.3 cm³/mol. The van der Waals surface area contributed by atoms with Crippen LogP contribution in [0, 0.1) is 0 Å². The van der Waals surface area contributed by atoms with Gasteiger partial charge in [0.1, 0.15) is 0 Å². The van der Waals surface area contributed by atoms with Crippen LogP contribution < -0.4 is 0 Å². The van der Waals surface area contributed by atoms with Gasteiger partial charge in [-0.1, -0.05) is 62.9 Å². The third-order valence-corrected chi connectivity index (χ3v) is 4.90. The number of benzene rings is 2. The van der Waals surface area contributed by atoms with Crippen molar-refractivity contribution < 1.29 is 0 Å². The van der Waals surface area contributed by atoms with Crippen LogP contribution in [0.25, 0.3) is 28.5 Å². The molecule has 1 nitrogen and oxygen atoms in total. The van der Waals surface area contributed by atoms with E-state index in [9.17, 15) is 0 Å². The second-order valence-corrected chi connectivity index (χ2v) is 6.61. The maximum absolute atomic E-state index is 4.49. The highest BCUT2D eigenvalue weighted by atomic mass is 14.7. The van der Waals surface area contributed by atoms with E-state index < -0.39 is 0 Å². The molecule has 0 radical (unpaired) electrons. The zero-order chi connectivity index (χ0) is 16.0. The number of fused-ring (bicyclic) bond motifs is 3. The van der Waals surface area contributed by atoms with Gasteiger partial charge in [-0.05, 0) is 46.0 Å². The number of hydrogen-bond donors (Lipinski definition) is 0. The summed E-state index contributed by atoms with van der Waals surface area (Å²) in [7, 11) is 0. The van der Waals surface area contributed by atoms with Crippen LogP contribution >= 0.6 is 0 Å². The summed E-state index contributed by atoms with van der Waals surface area (Å²) in [5.41, 5.74) is 8.79. The molecule has 4 rings (SSSR count). The van der Waals surface area contributed by atoms with Gasteiger partial charge in [-0.15, -0.1) is 0 Å². The van der Waals surface area contributed by atoms with Gasteiger partial charge in [-0.25, -0.2) is 0 Å². The Morgan fingerprint density at radius 3 is 2.35 bits per heavy atom. The fraction of sp³-hybridized carbons (Fsp3) is 0.136. The Bertz CT molecular complexity index is 905. The molecule has 2 aromatic carbocycles. The Kier molecular flexibility index (Phi) is 2.99. The van der Waals surface area contributed by atoms with Crippen molar-refractivity contribution in [2.24, 2.45) is 0 Å². The standard InChI is InChI=1S/C22H19N/c1-4-15-8-10-17-18-11-9-16(21-7-5-6-12-23-21)14-20(18)22(2,3)19(17)13-15/h4-14H,1H2,2-3H3. The quantitative estimate of drug-likeness (QED) is 0.591. The maximum Gasteiger partial charge on any atom is 0.0702 e. The van der Waals surface area contributed by atoms with Gasteiger partial charge in [0.15, 0.2) is 0 Å². The van der Waals surface area contributed by atoms with Crippen molar-refractivity contribution in [1.29, 1.82) is 0 Å². The highest BCUT2D eigenvalue weighted by molar-refractivity contribution is 5.84. The summed E-state index contributed by atoms with van der Waals surface area (Å²) in [5.74, 6) is 0. The molecule has 1 aromatic heterocycles. The van der Waals surface area contributed by atoms with Crippen molar-refractivity contribution in [2.45, 2.75) is 19.3 Å². The summed E-state index contributed by atoms with van der Waals surface area (Å²) < 4.78 is 0. The third-order valence-electron chi connectivity index (χ3n) is 4.90. The summed E-state index contributed by atoms with van der Waals surface area (Å²) in [6, 6.07) is 19.4. The van der Waals surface area contributed by atoms with Crippen LogP contribution in [0.1, 0.15) is 30.5 Å². The molecule has 0 saturated carbocycles. The van der Waals surface area contributed by atoms with Gasteiger partial charge in [0.2, 0.25) is 0 Å². The number of hydrogen-bond acceptors (Lipinski definition) is 1. The van der Waals surface area contributed by atoms with E-state index >= 15 is 0 Å². The zero-order valence-corrected chi connectivity index (χ0v) is 13.5. The van der Waals surface area contributed by atoms with Crippen LogP contribution in [0.5, 0.6) is 0 Å². The van der Waals surface area contributed by atoms with E-state index in [1.807, 2.05) is 24.4 Å². The normalized spacial score (nSPS) is 14.2. The molecule has 112 valence electrons. The summed E-state index contributed by atoms with van der Waals surface area (Å²) >= 11 is 0. The first-order chi connectivity index (χ1) is 11.1. The largest absolute Gasteiger partial charge is 0.256 e. The molecule has 0 spiro atoms. The van der Waals surface area contributed by atoms with Crippen LogP contribution in [-0.4, -0.2) is 4.98 Å². The molecule has 1 heterocycles. The van der Waals surface area contributed by atoms with E-state index in [0.717, 1.165) is 5.69 Å². The monoisotopic (exact) mass is 297 g/mol. The Morgan fingerprint density at radius 1 is 0.913 bits per heavy atom. The summed E-state index contributed by atoms with van der Waals surface area (Å²) in [4.78, 5) is 4.49. The van der Waals surface area contributed by atoms with Crippen molar-refractivity contribution in [3.05, 3.63) is 84.1 Å². The number of aromatic nitrogens is 1. The van der Waals surface area contributed by atoms with Crippen molar-refractivity contribution in [3.8, 4) is 22.4 Å². The lowest BCUT2D eigenvalue weighted by molar-refractivity contribution is 0.660. The third kappa shape index (κ3) is 2.04. The first-order valence-corrected chi connectivity index (χ1v) is 7.94. The maximum atomic E-state index is 4.49. The lowest BCUT2D eigenvalue weighted by Gasteiger charge is -2.22. The minimum atomic E-state index is -0.00548. The summed E-state index contributed by atoms with van der Waals surface area (Å²) in [6.45, 7) is 8.50. The lowest BCUT2D eigenvalue weighted by atomic mass is 9.81. The van der Waals surface area contributed by atoms with E-state index in [1.165, 1.54) is 33.4 Å². The van der Waals surface area contributed by atoms with Gasteiger partial charge in [0.05, 0.1) is 5.69 Å². The topological polar surface area (TPSA) is 12.9 Å². The molecule has 0 fully saturated rings. The Balaban J connectivity index is 1.92. The first-order valence-electron chi connectivity index (χ1n) is 7.94. The van der Waals surface area contributed by atoms with Crippen molar-refractivity contribution in [2.75, 3.05) is 0 Å². The van der Waals surface area contributed by atoms with Gasteiger partial charge >= 0.3 is 0 Å². The second kappa shape index (κ2) is 4.92. The number of pyridine rings is 1. The van der Waals surface area contributed by atoms with Gasteiger partial charge in [0, 0.05) is 17.2 Å². The van der Waals surface area contributed by atoms with Crippen LogP contribution in [-0.2, 0) is 5.41 Å². The van der Waals surface area contributed by atoms with Crippen LogP contribution in [0.2, 0.25) is 0 Å². The molecule has 1 aliphatic carbocycles. The number of nitrogens with zero attached hydrogens (tertiary/aromatic N) is 1. The predicted octanol–water partition coefficient (Wildman–Crippen LogP) is 5.70. The molecule has 0 amide bonds. The van der Waals surface area contributed by atoms with Crippen LogP contribution in [0.4, 0.5) is 0 Å². The fourth-order valence-corrected chi connectivity index (χ4v) is 3.57. The highest BCUT2D eigenvalue weighted by Gasteiger charge is 2.35. The van der Waals surface area contributed by atoms with Gasteiger partial charge in [0.25, 0.3) is 0 Å². The van der Waals surface area contributed by atoms with Crippen molar-refractivity contribution in [1.82, 2.24) is 4.98 Å². The Labute approximate surface area is 137 Å². The van der Waals surface area contributed by atoms with E-state index in [-0.39, 0.29) is 5.41 Å².